The molecule has 1 aromatic carbocycles. The number of fused-ring (bicyclic) bond motifs is 1. The van der Waals surface area contributed by atoms with Gasteiger partial charge in [-0.05, 0) is 54.7 Å². The van der Waals surface area contributed by atoms with Crippen molar-refractivity contribution in [3.05, 3.63) is 60.8 Å². The second-order valence-corrected chi connectivity index (χ2v) is 6.70. The van der Waals surface area contributed by atoms with Gasteiger partial charge in [0.1, 0.15) is 17.1 Å². The highest BCUT2D eigenvalue weighted by Crippen LogP contribution is 2.25. The van der Waals surface area contributed by atoms with Crippen molar-refractivity contribution in [2.45, 2.75) is 0 Å². The maximum Gasteiger partial charge on any atom is 0.250 e. The predicted molar refractivity (Wildman–Crippen MR) is 106 cm³/mol. The molecule has 3 heterocycles. The lowest BCUT2D eigenvalue weighted by atomic mass is 10.2. The van der Waals surface area contributed by atoms with Crippen LogP contribution in [0.25, 0.3) is 21.6 Å². The van der Waals surface area contributed by atoms with Gasteiger partial charge in [-0.1, -0.05) is 11.3 Å². The highest BCUT2D eigenvalue weighted by Gasteiger charge is 2.08. The zero-order chi connectivity index (χ0) is 18.6. The normalized spacial score (nSPS) is 11.1. The maximum atomic E-state index is 11.9. The third-order valence-corrected chi connectivity index (χ3v) is 4.62. The van der Waals surface area contributed by atoms with E-state index in [1.165, 1.54) is 23.7 Å². The second-order valence-electron chi connectivity index (χ2n) is 5.33. The van der Waals surface area contributed by atoms with Crippen molar-refractivity contribution in [2.24, 2.45) is 0 Å². The van der Waals surface area contributed by atoms with E-state index < -0.39 is 0 Å². The third kappa shape index (κ3) is 4.07. The van der Waals surface area contributed by atoms with E-state index in [0.717, 1.165) is 21.2 Å². The first-order valence-corrected chi connectivity index (χ1v) is 9.01. The molecule has 4 aromatic rings. The molecule has 0 radical (unpaired) electrons. The third-order valence-electron chi connectivity index (χ3n) is 3.46. The van der Waals surface area contributed by atoms with E-state index in [9.17, 15) is 4.79 Å². The van der Waals surface area contributed by atoms with Crippen molar-refractivity contribution in [1.29, 1.82) is 0 Å². The molecule has 0 unspecified atom stereocenters. The Morgan fingerprint density at radius 2 is 2.11 bits per heavy atom. The predicted octanol–water partition coefficient (Wildman–Crippen LogP) is 2.97. The van der Waals surface area contributed by atoms with Crippen molar-refractivity contribution in [2.75, 3.05) is 5.32 Å². The molecule has 0 aliphatic rings. The molecule has 0 aliphatic heterocycles. The number of carbonyl (C=O) groups excluding carboxylic acids is 1. The number of nitrogens with zero attached hydrogens (tertiary/aromatic N) is 4. The van der Waals surface area contributed by atoms with Crippen LogP contribution in [0.5, 0.6) is 0 Å². The lowest BCUT2D eigenvalue weighted by Gasteiger charge is -2.08. The number of amides is 1. The Morgan fingerprint density at radius 1 is 1.26 bits per heavy atom. The number of aromatic nitrogens is 4. The summed E-state index contributed by atoms with van der Waals surface area (Å²) in [7, 11) is 0. The van der Waals surface area contributed by atoms with Gasteiger partial charge in [-0.2, -0.15) is 9.61 Å². The first-order valence-electron chi connectivity index (χ1n) is 7.78. The quantitative estimate of drug-likeness (QED) is 0.404. The van der Waals surface area contributed by atoms with Crippen molar-refractivity contribution in [3.8, 4) is 10.6 Å². The second kappa shape index (κ2) is 7.48. The fourth-order valence-electron chi connectivity index (χ4n) is 2.23. The summed E-state index contributed by atoms with van der Waals surface area (Å²) in [5, 5.41) is 18.7. The summed E-state index contributed by atoms with van der Waals surface area (Å²) >= 11 is 6.60. The molecule has 10 heteroatoms. The van der Waals surface area contributed by atoms with Crippen molar-refractivity contribution < 1.29 is 9.21 Å². The van der Waals surface area contributed by atoms with Crippen LogP contribution in [-0.2, 0) is 4.79 Å². The van der Waals surface area contributed by atoms with Gasteiger partial charge in [0.25, 0.3) is 0 Å². The summed E-state index contributed by atoms with van der Waals surface area (Å²) in [6, 6.07) is 11.0. The van der Waals surface area contributed by atoms with Crippen LogP contribution in [0.3, 0.4) is 0 Å². The van der Waals surface area contributed by atoms with Crippen LogP contribution in [0.4, 0.5) is 5.69 Å². The Hall–Kier alpha value is -3.37. The smallest absolute Gasteiger partial charge is 0.250 e. The zero-order valence-corrected chi connectivity index (χ0v) is 15.3. The van der Waals surface area contributed by atoms with Crippen molar-refractivity contribution in [1.82, 2.24) is 25.1 Å². The van der Waals surface area contributed by atoms with Crippen LogP contribution in [0.15, 0.2) is 59.5 Å². The Balaban J connectivity index is 1.35. The van der Waals surface area contributed by atoms with Gasteiger partial charge < -0.3 is 9.73 Å². The van der Waals surface area contributed by atoms with Gasteiger partial charge in [-0.25, -0.2) is 0 Å². The van der Waals surface area contributed by atoms with Crippen LogP contribution in [0, 0.1) is 0 Å². The van der Waals surface area contributed by atoms with E-state index in [2.05, 4.69) is 25.9 Å². The lowest BCUT2D eigenvalue weighted by Crippen LogP contribution is -2.32. The van der Waals surface area contributed by atoms with Gasteiger partial charge in [0.15, 0.2) is 5.11 Å². The van der Waals surface area contributed by atoms with E-state index in [1.54, 1.807) is 29.1 Å². The van der Waals surface area contributed by atoms with Gasteiger partial charge in [0, 0.05) is 17.3 Å². The minimum Gasteiger partial charge on any atom is -0.465 e. The van der Waals surface area contributed by atoms with E-state index in [0.29, 0.717) is 5.76 Å². The summed E-state index contributed by atoms with van der Waals surface area (Å²) in [6.45, 7) is 0. The Labute approximate surface area is 162 Å². The molecular weight excluding hydrogens is 384 g/mol. The van der Waals surface area contributed by atoms with Gasteiger partial charge >= 0.3 is 0 Å². The monoisotopic (exact) mass is 396 g/mol. The number of rotatable bonds is 4. The largest absolute Gasteiger partial charge is 0.465 e. The van der Waals surface area contributed by atoms with Gasteiger partial charge in [-0.3, -0.25) is 10.1 Å². The first kappa shape index (κ1) is 17.1. The lowest BCUT2D eigenvalue weighted by molar-refractivity contribution is -0.115. The fraction of sp³-hybridized carbons (Fsp3) is 0. The van der Waals surface area contributed by atoms with Crippen LogP contribution in [-0.4, -0.2) is 30.8 Å². The SMILES string of the molecule is O=C(C=Cc1ccco1)NC(=S)Nc1ccc(-c2nn3cnnc3s2)cc1. The van der Waals surface area contributed by atoms with Gasteiger partial charge in [-0.15, -0.1) is 10.2 Å². The highest BCUT2D eigenvalue weighted by atomic mass is 32.1. The first-order chi connectivity index (χ1) is 13.2. The average molecular weight is 396 g/mol. The standard InChI is InChI=1S/C17H12N6O2S2/c24-14(8-7-13-2-1-9-25-13)20-16(26)19-12-5-3-11(4-6-12)15-22-23-10-18-21-17(23)27-15/h1-10H,(H2,19,20,24,26). The Bertz CT molecular complexity index is 1080. The van der Waals surface area contributed by atoms with E-state index in [-0.39, 0.29) is 11.0 Å². The van der Waals surface area contributed by atoms with Crippen LogP contribution >= 0.6 is 23.6 Å². The molecule has 0 fully saturated rings. The molecular formula is C17H12N6O2S2. The molecule has 134 valence electrons. The minimum absolute atomic E-state index is 0.204. The van der Waals surface area contributed by atoms with Crippen LogP contribution in [0.2, 0.25) is 0 Å². The van der Waals surface area contributed by atoms with E-state index in [1.807, 2.05) is 24.3 Å². The molecule has 2 N–H and O–H groups in total. The van der Waals surface area contributed by atoms with Gasteiger partial charge in [0.05, 0.1) is 6.26 Å². The highest BCUT2D eigenvalue weighted by molar-refractivity contribution is 7.80. The Kier molecular flexibility index (Phi) is 4.73. The van der Waals surface area contributed by atoms with Crippen LogP contribution < -0.4 is 10.6 Å². The summed E-state index contributed by atoms with van der Waals surface area (Å²) in [6.07, 6.45) is 6.01. The molecule has 0 atom stereocenters. The number of nitrogens with one attached hydrogen (secondary N) is 2. The minimum atomic E-state index is -0.347. The molecule has 0 saturated heterocycles. The molecule has 27 heavy (non-hydrogen) atoms. The maximum absolute atomic E-state index is 11.9. The fourth-order valence-corrected chi connectivity index (χ4v) is 3.28. The topological polar surface area (TPSA) is 97.3 Å². The Morgan fingerprint density at radius 3 is 2.85 bits per heavy atom. The number of carbonyl (C=O) groups is 1. The van der Waals surface area contributed by atoms with E-state index >= 15 is 0 Å². The molecule has 4 rings (SSSR count). The van der Waals surface area contributed by atoms with Gasteiger partial charge in [0.2, 0.25) is 10.9 Å². The number of furan rings is 1. The average Bonchev–Trinajstić information content (AvgIpc) is 3.38. The number of anilines is 1. The summed E-state index contributed by atoms with van der Waals surface area (Å²) in [5.74, 6) is 0.241. The molecule has 0 aliphatic carbocycles. The summed E-state index contributed by atoms with van der Waals surface area (Å²) in [4.78, 5) is 12.6. The summed E-state index contributed by atoms with van der Waals surface area (Å²) in [5.41, 5.74) is 1.70. The molecule has 1 amide bonds. The van der Waals surface area contributed by atoms with E-state index in [4.69, 9.17) is 16.6 Å². The molecule has 8 nitrogen and oxygen atoms in total. The molecule has 0 saturated carbocycles. The number of hydrogen-bond acceptors (Lipinski definition) is 7. The van der Waals surface area contributed by atoms with Crippen molar-refractivity contribution in [3.63, 3.8) is 0 Å². The molecule has 0 spiro atoms. The molecule has 3 aromatic heterocycles. The van der Waals surface area contributed by atoms with Crippen LogP contribution in [0.1, 0.15) is 5.76 Å². The van der Waals surface area contributed by atoms with Crippen molar-refractivity contribution >= 4 is 51.3 Å². The summed E-state index contributed by atoms with van der Waals surface area (Å²) < 4.78 is 6.75. The number of hydrogen-bond donors (Lipinski definition) is 2. The number of benzene rings is 1. The zero-order valence-electron chi connectivity index (χ0n) is 13.7. The number of thiocarbonyl (C=S) groups is 1. The molecule has 0 bridgehead atoms.